The van der Waals surface area contributed by atoms with Crippen LogP contribution in [0, 0.1) is 34.4 Å². The van der Waals surface area contributed by atoms with Gasteiger partial charge in [0, 0.05) is 27.4 Å². The number of halogens is 6. The Bertz CT molecular complexity index is 2020. The first-order chi connectivity index (χ1) is 25.1. The van der Waals surface area contributed by atoms with Crippen LogP contribution in [-0.2, 0) is 30.4 Å². The molecule has 3 unspecified atom stereocenters. The van der Waals surface area contributed by atoms with Crippen LogP contribution in [0.5, 0.6) is 17.4 Å². The summed E-state index contributed by atoms with van der Waals surface area (Å²) in [5, 5.41) is 11.3. The van der Waals surface area contributed by atoms with Crippen molar-refractivity contribution < 1.29 is 32.2 Å². The lowest BCUT2D eigenvalue weighted by molar-refractivity contribution is -0.149. The van der Waals surface area contributed by atoms with E-state index in [1.807, 2.05) is 32.1 Å². The quantitative estimate of drug-likeness (QED) is 0.0739. The van der Waals surface area contributed by atoms with Gasteiger partial charge < -0.3 is 14.0 Å². The number of carbonyl (C=O) groups is 1. The van der Waals surface area contributed by atoms with Crippen molar-refractivity contribution in [1.29, 1.82) is 5.26 Å². The second-order valence-electron chi connectivity index (χ2n) is 11.8. The minimum Gasteiger partial charge on any atom is -0.454 e. The predicted octanol–water partition coefficient (Wildman–Crippen LogP) is 12.6. The maximum atomic E-state index is 14.3. The summed E-state index contributed by atoms with van der Waals surface area (Å²) in [5.74, 6) is -1.31. The van der Waals surface area contributed by atoms with E-state index in [4.69, 9.17) is 92.9 Å². The molecule has 1 saturated carbocycles. The summed E-state index contributed by atoms with van der Waals surface area (Å²) in [7, 11) is 0. The van der Waals surface area contributed by atoms with Gasteiger partial charge in [0.15, 0.2) is 16.7 Å². The zero-order valence-electron chi connectivity index (χ0n) is 28.7. The highest BCUT2D eigenvalue weighted by Crippen LogP contribution is 2.60. The second-order valence-corrected chi connectivity index (χ2v) is 16.8. The van der Waals surface area contributed by atoms with Crippen LogP contribution in [0.3, 0.4) is 0 Å². The molecule has 1 aliphatic carbocycles. The minimum atomic E-state index is -2.92. The maximum absolute atomic E-state index is 14.3. The minimum absolute atomic E-state index is 0.0521. The third kappa shape index (κ3) is 11.5. The Balaban J connectivity index is 0.000000294. The number of hydrogen-bond acceptors (Lipinski definition) is 9. The van der Waals surface area contributed by atoms with E-state index in [0.29, 0.717) is 34.6 Å². The topological polar surface area (TPSA) is 99.9 Å². The van der Waals surface area contributed by atoms with Crippen LogP contribution in [-0.4, -0.2) is 24.2 Å². The lowest BCUT2D eigenvalue weighted by Crippen LogP contribution is -2.14. The molecule has 8 nitrogen and oxygen atoms in total. The molecule has 0 radical (unpaired) electrons. The van der Waals surface area contributed by atoms with E-state index in [1.54, 1.807) is 62.4 Å². The van der Waals surface area contributed by atoms with E-state index in [2.05, 4.69) is 4.98 Å². The summed E-state index contributed by atoms with van der Waals surface area (Å²) < 4.78 is 41.5. The van der Waals surface area contributed by atoms with Gasteiger partial charge in [-0.1, -0.05) is 114 Å². The molecule has 3 aromatic carbocycles. The fraction of sp³-hybridized carbons (Fsp3) is 0.270. The van der Waals surface area contributed by atoms with E-state index >= 15 is 0 Å². The SMILES string of the molecule is CC1(C)C(/C=C(\Cl)c2ccc(Cl)cc2)C1C(=O)OC(C#N)c1ccc(F)c(Oc2ccccc2)c1.CCOP(=S)(OCC)Oc1nc(Cl)c(Cl)cc1Cl. The molecule has 1 heterocycles. The molecule has 0 bridgehead atoms. The largest absolute Gasteiger partial charge is 0.454 e. The lowest BCUT2D eigenvalue weighted by atomic mass is 10.1. The first-order valence-electron chi connectivity index (χ1n) is 16.0. The van der Waals surface area contributed by atoms with Crippen LogP contribution < -0.4 is 9.26 Å². The van der Waals surface area contributed by atoms with Crippen LogP contribution in [0.2, 0.25) is 20.2 Å². The van der Waals surface area contributed by atoms with Crippen molar-refractivity contribution in [2.45, 2.75) is 33.8 Å². The number of hydrogen-bond donors (Lipinski definition) is 0. The summed E-state index contributed by atoms with van der Waals surface area (Å²) in [4.78, 5) is 16.9. The normalized spacial score (nSPS) is 16.7. The van der Waals surface area contributed by atoms with Gasteiger partial charge in [-0.05, 0) is 73.2 Å². The third-order valence-electron chi connectivity index (χ3n) is 7.82. The molecule has 0 N–H and O–H groups in total. The van der Waals surface area contributed by atoms with E-state index < -0.39 is 35.9 Å². The number of aromatic nitrogens is 1. The number of esters is 1. The summed E-state index contributed by atoms with van der Waals surface area (Å²) >= 11 is 35.1. The van der Waals surface area contributed by atoms with Crippen LogP contribution in [0.4, 0.5) is 4.39 Å². The van der Waals surface area contributed by atoms with E-state index in [-0.39, 0.29) is 32.7 Å². The lowest BCUT2D eigenvalue weighted by Gasteiger charge is -2.20. The van der Waals surface area contributed by atoms with Crippen molar-refractivity contribution in [1.82, 2.24) is 4.98 Å². The molecule has 0 saturated heterocycles. The number of carbonyl (C=O) groups excluding carboxylic acids is 1. The number of benzene rings is 3. The molecule has 1 aromatic heterocycles. The van der Waals surface area contributed by atoms with Gasteiger partial charge in [-0.2, -0.15) is 10.2 Å². The van der Waals surface area contributed by atoms with Gasteiger partial charge in [-0.15, -0.1) is 0 Å². The Hall–Kier alpha value is -2.94. The number of allylic oxidation sites excluding steroid dienone is 1. The monoisotopic (exact) mass is 858 g/mol. The highest BCUT2D eigenvalue weighted by Gasteiger charge is 2.62. The number of nitriles is 1. The molecule has 280 valence electrons. The van der Waals surface area contributed by atoms with Crippen molar-refractivity contribution in [2.24, 2.45) is 17.3 Å². The Morgan fingerprint density at radius 3 is 2.25 bits per heavy atom. The van der Waals surface area contributed by atoms with Gasteiger partial charge in [-0.25, -0.2) is 4.39 Å². The van der Waals surface area contributed by atoms with Crippen molar-refractivity contribution in [2.75, 3.05) is 13.2 Å². The average molecular weight is 861 g/mol. The Kier molecular flexibility index (Phi) is 15.4. The Labute approximate surface area is 337 Å². The van der Waals surface area contributed by atoms with Gasteiger partial charge in [0.05, 0.1) is 24.2 Å². The fourth-order valence-electron chi connectivity index (χ4n) is 5.04. The van der Waals surface area contributed by atoms with Crippen LogP contribution in [0.25, 0.3) is 5.03 Å². The molecule has 5 rings (SSSR count). The van der Waals surface area contributed by atoms with Crippen molar-refractivity contribution in [3.8, 4) is 23.4 Å². The average Bonchev–Trinajstić information content (AvgIpc) is 3.66. The van der Waals surface area contributed by atoms with Gasteiger partial charge >= 0.3 is 12.7 Å². The van der Waals surface area contributed by atoms with Gasteiger partial charge in [0.2, 0.25) is 12.0 Å². The standard InChI is InChI=1S/C28H22Cl2FNO3.C9H11Cl3NO3PS/c1-28(2)21(15-22(30)17-8-11-19(29)12-9-17)26(28)27(33)35-25(16-32)18-10-13-23(31)24(14-18)34-20-6-4-3-5-7-20;1-3-14-17(18,15-4-2)16-9-7(11)5-6(10)8(12)13-9/h3-15,21,25-26H,1-2H3;5H,3-4H2,1-2H3/b22-15-;. The molecule has 0 aliphatic heterocycles. The number of nitrogens with zero attached hydrogens (tertiary/aromatic N) is 2. The molecule has 0 amide bonds. The molecule has 53 heavy (non-hydrogen) atoms. The summed E-state index contributed by atoms with van der Waals surface area (Å²) in [5.41, 5.74) is 0.713. The zero-order valence-corrected chi connectivity index (χ0v) is 34.2. The molecular formula is C37H33Cl5FN2O6PS. The van der Waals surface area contributed by atoms with Gasteiger partial charge in [-0.3, -0.25) is 13.8 Å². The van der Waals surface area contributed by atoms with Gasteiger partial charge in [0.25, 0.3) is 0 Å². The number of rotatable bonds is 13. The van der Waals surface area contributed by atoms with Crippen molar-refractivity contribution in [3.05, 3.63) is 122 Å². The van der Waals surface area contributed by atoms with Crippen molar-refractivity contribution >= 4 is 87.5 Å². The third-order valence-corrected chi connectivity index (χ3v) is 11.8. The molecule has 3 atom stereocenters. The smallest absolute Gasteiger partial charge is 0.381 e. The predicted molar refractivity (Wildman–Crippen MR) is 211 cm³/mol. The molecule has 1 fully saturated rings. The molecule has 4 aromatic rings. The van der Waals surface area contributed by atoms with Crippen LogP contribution >= 0.6 is 64.7 Å². The second kappa shape index (κ2) is 19.1. The van der Waals surface area contributed by atoms with E-state index in [1.165, 1.54) is 24.3 Å². The highest BCUT2D eigenvalue weighted by atomic mass is 35.5. The molecule has 16 heteroatoms. The highest BCUT2D eigenvalue weighted by molar-refractivity contribution is 8.07. The first kappa shape index (κ1) is 42.8. The number of para-hydroxylation sites is 1. The number of ether oxygens (including phenoxy) is 2. The summed E-state index contributed by atoms with van der Waals surface area (Å²) in [6, 6.07) is 23.2. The summed E-state index contributed by atoms with van der Waals surface area (Å²) in [6.07, 6.45) is 0.621. The zero-order chi connectivity index (χ0) is 38.9. The van der Waals surface area contributed by atoms with E-state index in [0.717, 1.165) is 5.56 Å². The maximum Gasteiger partial charge on any atom is 0.381 e. The van der Waals surface area contributed by atoms with E-state index in [9.17, 15) is 14.4 Å². The Morgan fingerprint density at radius 2 is 1.64 bits per heavy atom. The molecular weight excluding hydrogens is 828 g/mol. The van der Waals surface area contributed by atoms with Crippen LogP contribution in [0.1, 0.15) is 44.9 Å². The molecule has 1 aliphatic rings. The fourth-order valence-corrected chi connectivity index (χ4v) is 8.02. The van der Waals surface area contributed by atoms with Crippen molar-refractivity contribution in [3.63, 3.8) is 0 Å². The number of pyridine rings is 1. The first-order valence-corrected chi connectivity index (χ1v) is 20.4. The molecule has 0 spiro atoms. The van der Waals surface area contributed by atoms with Crippen LogP contribution in [0.15, 0.2) is 84.9 Å². The Morgan fingerprint density at radius 1 is 1.00 bits per heavy atom. The summed E-state index contributed by atoms with van der Waals surface area (Å²) in [6.45, 7) is 5.25. The van der Waals surface area contributed by atoms with Gasteiger partial charge in [0.1, 0.15) is 16.8 Å².